The highest BCUT2D eigenvalue weighted by Gasteiger charge is 1.95. The maximum absolute atomic E-state index is 2.25. The van der Waals surface area contributed by atoms with E-state index in [4.69, 9.17) is 0 Å². The van der Waals surface area contributed by atoms with Crippen molar-refractivity contribution in [2.24, 2.45) is 0 Å². The molecule has 0 fully saturated rings. The molecule has 0 nitrogen and oxygen atoms in total. The molecule has 0 heteroatoms. The summed E-state index contributed by atoms with van der Waals surface area (Å²) >= 11 is 0. The third kappa shape index (κ3) is 3.63. The van der Waals surface area contributed by atoms with Crippen molar-refractivity contribution in [2.45, 2.75) is 39.5 Å². The van der Waals surface area contributed by atoms with Gasteiger partial charge in [0.25, 0.3) is 0 Å². The fourth-order valence-corrected chi connectivity index (χ4v) is 1.55. The molecule has 1 aromatic rings. The van der Waals surface area contributed by atoms with E-state index in [1.807, 2.05) is 0 Å². The van der Waals surface area contributed by atoms with Gasteiger partial charge in [-0.1, -0.05) is 44.0 Å². The second-order valence-electron chi connectivity index (χ2n) is 3.58. The van der Waals surface area contributed by atoms with Gasteiger partial charge in [-0.25, -0.2) is 0 Å². The number of hydrogen-bond donors (Lipinski definition) is 0. The van der Waals surface area contributed by atoms with Gasteiger partial charge in [-0.05, 0) is 37.3 Å². The highest BCUT2D eigenvalue weighted by atomic mass is 14.0. The van der Waals surface area contributed by atoms with Crippen LogP contribution in [-0.2, 0) is 6.42 Å². The SMILES string of the molecule is C[CH]CCCCc1ccccc1C. The fraction of sp³-hybridized carbons (Fsp3) is 0.462. The molecule has 0 unspecified atom stereocenters. The summed E-state index contributed by atoms with van der Waals surface area (Å²) in [5.41, 5.74) is 2.95. The minimum Gasteiger partial charge on any atom is -0.0623 e. The second kappa shape index (κ2) is 5.80. The van der Waals surface area contributed by atoms with E-state index in [2.05, 4.69) is 44.5 Å². The molecule has 0 bridgehead atoms. The van der Waals surface area contributed by atoms with E-state index >= 15 is 0 Å². The summed E-state index contributed by atoms with van der Waals surface area (Å²) in [6, 6.07) is 8.68. The monoisotopic (exact) mass is 175 g/mol. The van der Waals surface area contributed by atoms with Crippen LogP contribution in [0.15, 0.2) is 24.3 Å². The lowest BCUT2D eigenvalue weighted by Crippen LogP contribution is -1.89. The maximum atomic E-state index is 2.25. The van der Waals surface area contributed by atoms with Crippen LogP contribution in [0.4, 0.5) is 0 Å². The van der Waals surface area contributed by atoms with Crippen molar-refractivity contribution in [3.8, 4) is 0 Å². The average Bonchev–Trinajstić information content (AvgIpc) is 2.15. The molecule has 0 spiro atoms. The van der Waals surface area contributed by atoms with Crippen LogP contribution in [0.25, 0.3) is 0 Å². The van der Waals surface area contributed by atoms with Crippen molar-refractivity contribution in [1.82, 2.24) is 0 Å². The van der Waals surface area contributed by atoms with Gasteiger partial charge < -0.3 is 0 Å². The Balaban J connectivity index is 2.32. The average molecular weight is 175 g/mol. The lowest BCUT2D eigenvalue weighted by Gasteiger charge is -2.04. The first kappa shape index (κ1) is 10.3. The van der Waals surface area contributed by atoms with E-state index < -0.39 is 0 Å². The molecule has 1 aromatic carbocycles. The zero-order valence-corrected chi connectivity index (χ0v) is 8.72. The molecule has 0 atom stereocenters. The predicted molar refractivity (Wildman–Crippen MR) is 58.7 cm³/mol. The molecule has 0 N–H and O–H groups in total. The van der Waals surface area contributed by atoms with Crippen LogP contribution in [-0.4, -0.2) is 0 Å². The van der Waals surface area contributed by atoms with Crippen molar-refractivity contribution in [2.75, 3.05) is 0 Å². The first-order valence-electron chi connectivity index (χ1n) is 5.17. The summed E-state index contributed by atoms with van der Waals surface area (Å²) in [6.07, 6.45) is 7.38. The smallest absolute Gasteiger partial charge is 0.0276 e. The van der Waals surface area contributed by atoms with Gasteiger partial charge in [0.05, 0.1) is 0 Å². The van der Waals surface area contributed by atoms with E-state index in [-0.39, 0.29) is 0 Å². The first-order chi connectivity index (χ1) is 6.34. The van der Waals surface area contributed by atoms with Gasteiger partial charge >= 0.3 is 0 Å². The van der Waals surface area contributed by atoms with Crippen LogP contribution < -0.4 is 0 Å². The van der Waals surface area contributed by atoms with E-state index in [0.29, 0.717) is 0 Å². The minimum absolute atomic E-state index is 1.24. The van der Waals surface area contributed by atoms with Gasteiger partial charge in [0.1, 0.15) is 0 Å². The molecule has 0 heterocycles. The summed E-state index contributed by atoms with van der Waals surface area (Å²) in [4.78, 5) is 0. The number of aryl methyl sites for hydroxylation is 2. The van der Waals surface area contributed by atoms with E-state index in [0.717, 1.165) is 0 Å². The Hall–Kier alpha value is -0.780. The molecule has 0 aliphatic heterocycles. The van der Waals surface area contributed by atoms with E-state index in [1.165, 1.54) is 36.8 Å². The Bertz CT molecular complexity index is 238. The highest BCUT2D eigenvalue weighted by molar-refractivity contribution is 5.25. The molecular formula is C13H19. The summed E-state index contributed by atoms with van der Waals surface area (Å²) in [5, 5.41) is 0. The predicted octanol–water partition coefficient (Wildman–Crippen LogP) is 3.93. The van der Waals surface area contributed by atoms with Gasteiger partial charge in [0.2, 0.25) is 0 Å². The van der Waals surface area contributed by atoms with Crippen LogP contribution in [0.1, 0.15) is 37.3 Å². The summed E-state index contributed by atoms with van der Waals surface area (Å²) in [5.74, 6) is 0. The molecule has 0 saturated carbocycles. The Morgan fingerprint density at radius 2 is 1.92 bits per heavy atom. The second-order valence-corrected chi connectivity index (χ2v) is 3.58. The molecular weight excluding hydrogens is 156 g/mol. The zero-order chi connectivity index (χ0) is 9.52. The molecule has 0 aliphatic carbocycles. The molecule has 1 rings (SSSR count). The minimum atomic E-state index is 1.24. The maximum Gasteiger partial charge on any atom is -0.0276 e. The van der Waals surface area contributed by atoms with Crippen molar-refractivity contribution >= 4 is 0 Å². The molecule has 0 aliphatic rings. The van der Waals surface area contributed by atoms with Crippen LogP contribution in [0.2, 0.25) is 0 Å². The van der Waals surface area contributed by atoms with Crippen molar-refractivity contribution in [1.29, 1.82) is 0 Å². The standard InChI is InChI=1S/C13H19/c1-3-4-5-6-10-13-11-8-7-9-12(13)2/h3,7-9,11H,4-6,10H2,1-2H3. The van der Waals surface area contributed by atoms with Crippen LogP contribution in [0.3, 0.4) is 0 Å². The first-order valence-corrected chi connectivity index (χ1v) is 5.17. The fourth-order valence-electron chi connectivity index (χ4n) is 1.55. The van der Waals surface area contributed by atoms with Gasteiger partial charge in [-0.2, -0.15) is 0 Å². The Morgan fingerprint density at radius 3 is 2.62 bits per heavy atom. The van der Waals surface area contributed by atoms with Gasteiger partial charge in [0, 0.05) is 0 Å². The molecule has 1 radical (unpaired) electrons. The lowest BCUT2D eigenvalue weighted by molar-refractivity contribution is 0.725. The molecule has 13 heavy (non-hydrogen) atoms. The number of hydrogen-bond acceptors (Lipinski definition) is 0. The van der Waals surface area contributed by atoms with Gasteiger partial charge in [-0.3, -0.25) is 0 Å². The largest absolute Gasteiger partial charge is 0.0623 e. The summed E-state index contributed by atoms with van der Waals surface area (Å²) < 4.78 is 0. The quantitative estimate of drug-likeness (QED) is 0.595. The van der Waals surface area contributed by atoms with Crippen LogP contribution in [0, 0.1) is 13.3 Å². The molecule has 0 aromatic heterocycles. The zero-order valence-electron chi connectivity index (χ0n) is 8.72. The summed E-state index contributed by atoms with van der Waals surface area (Å²) in [6.45, 7) is 4.33. The lowest BCUT2D eigenvalue weighted by atomic mass is 10.0. The highest BCUT2D eigenvalue weighted by Crippen LogP contribution is 2.11. The summed E-state index contributed by atoms with van der Waals surface area (Å²) in [7, 11) is 0. The Labute approximate surface area is 82.0 Å². The van der Waals surface area contributed by atoms with Crippen molar-refractivity contribution in [3.63, 3.8) is 0 Å². The van der Waals surface area contributed by atoms with Gasteiger partial charge in [0.15, 0.2) is 0 Å². The van der Waals surface area contributed by atoms with E-state index in [1.54, 1.807) is 0 Å². The topological polar surface area (TPSA) is 0 Å². The third-order valence-electron chi connectivity index (χ3n) is 2.45. The van der Waals surface area contributed by atoms with Crippen LogP contribution >= 0.6 is 0 Å². The van der Waals surface area contributed by atoms with Crippen molar-refractivity contribution < 1.29 is 0 Å². The van der Waals surface area contributed by atoms with Gasteiger partial charge in [-0.15, -0.1) is 0 Å². The molecule has 0 amide bonds. The normalized spacial score (nSPS) is 10.3. The Morgan fingerprint density at radius 1 is 1.15 bits per heavy atom. The third-order valence-corrected chi connectivity index (χ3v) is 2.45. The Kier molecular flexibility index (Phi) is 4.59. The van der Waals surface area contributed by atoms with E-state index in [9.17, 15) is 0 Å². The van der Waals surface area contributed by atoms with Crippen LogP contribution in [0.5, 0.6) is 0 Å². The molecule has 71 valence electrons. The molecule has 0 saturated heterocycles. The van der Waals surface area contributed by atoms with Crippen molar-refractivity contribution in [3.05, 3.63) is 41.8 Å². The number of unbranched alkanes of at least 4 members (excludes halogenated alkanes) is 3. The number of rotatable bonds is 5. The number of benzene rings is 1.